The first-order valence-electron chi connectivity index (χ1n) is 6.82. The number of amides is 3. The van der Waals surface area contributed by atoms with E-state index in [1.54, 1.807) is 19.0 Å². The molecule has 0 radical (unpaired) electrons. The van der Waals surface area contributed by atoms with Crippen molar-refractivity contribution >= 4 is 11.9 Å². The Hall–Kier alpha value is -1.26. The van der Waals surface area contributed by atoms with Gasteiger partial charge in [0.15, 0.2) is 0 Å². The fourth-order valence-corrected chi connectivity index (χ4v) is 2.33. The van der Waals surface area contributed by atoms with Crippen molar-refractivity contribution in [2.45, 2.75) is 25.7 Å². The van der Waals surface area contributed by atoms with Crippen LogP contribution in [0.4, 0.5) is 4.79 Å². The lowest BCUT2D eigenvalue weighted by molar-refractivity contribution is -0.126. The standard InChI is InChI=1S/C13H23N3O2/c1-15(2)13(18)16-7-5-11(6-8-16)12(17)14-9-10-3-4-10/h10-11H,3-9H2,1-2H3,(H,14,17). The molecule has 5 heteroatoms. The predicted molar refractivity (Wildman–Crippen MR) is 69.1 cm³/mol. The Balaban J connectivity index is 1.71. The number of nitrogens with one attached hydrogen (secondary N) is 1. The molecule has 2 fully saturated rings. The number of urea groups is 1. The van der Waals surface area contributed by atoms with Gasteiger partial charge in [-0.2, -0.15) is 0 Å². The van der Waals surface area contributed by atoms with Gasteiger partial charge in [0.1, 0.15) is 0 Å². The van der Waals surface area contributed by atoms with Gasteiger partial charge >= 0.3 is 6.03 Å². The molecule has 1 N–H and O–H groups in total. The van der Waals surface area contributed by atoms with Crippen LogP contribution in [0.3, 0.4) is 0 Å². The molecule has 1 aliphatic heterocycles. The topological polar surface area (TPSA) is 52.7 Å². The van der Waals surface area contributed by atoms with Crippen LogP contribution in [0.25, 0.3) is 0 Å². The molecular formula is C13H23N3O2. The Labute approximate surface area is 108 Å². The maximum absolute atomic E-state index is 11.9. The third-order valence-corrected chi connectivity index (χ3v) is 3.78. The number of likely N-dealkylation sites (tertiary alicyclic amines) is 1. The van der Waals surface area contributed by atoms with Crippen molar-refractivity contribution in [1.29, 1.82) is 0 Å². The summed E-state index contributed by atoms with van der Waals surface area (Å²) < 4.78 is 0. The van der Waals surface area contributed by atoms with E-state index in [-0.39, 0.29) is 17.9 Å². The van der Waals surface area contributed by atoms with E-state index in [0.717, 1.165) is 25.3 Å². The fraction of sp³-hybridized carbons (Fsp3) is 0.846. The lowest BCUT2D eigenvalue weighted by Crippen LogP contribution is -2.46. The third-order valence-electron chi connectivity index (χ3n) is 3.78. The van der Waals surface area contributed by atoms with Crippen LogP contribution in [-0.2, 0) is 4.79 Å². The predicted octanol–water partition coefficient (Wildman–Crippen LogP) is 0.906. The van der Waals surface area contributed by atoms with E-state index in [9.17, 15) is 9.59 Å². The van der Waals surface area contributed by atoms with Crippen LogP contribution in [0.1, 0.15) is 25.7 Å². The first kappa shape index (κ1) is 13.2. The summed E-state index contributed by atoms with van der Waals surface area (Å²) in [5.74, 6) is 0.998. The van der Waals surface area contributed by atoms with Gasteiger partial charge in [0.05, 0.1) is 0 Å². The molecule has 2 aliphatic rings. The molecule has 1 heterocycles. The Kier molecular flexibility index (Phi) is 4.09. The summed E-state index contributed by atoms with van der Waals surface area (Å²) in [6, 6.07) is 0.0480. The zero-order valence-corrected chi connectivity index (χ0v) is 11.3. The maximum Gasteiger partial charge on any atom is 0.319 e. The normalized spacial score (nSPS) is 20.7. The fourth-order valence-electron chi connectivity index (χ4n) is 2.33. The molecule has 0 spiro atoms. The largest absolute Gasteiger partial charge is 0.356 e. The first-order valence-corrected chi connectivity index (χ1v) is 6.82. The summed E-state index contributed by atoms with van der Waals surface area (Å²) in [5.41, 5.74) is 0. The minimum Gasteiger partial charge on any atom is -0.356 e. The van der Waals surface area contributed by atoms with Crippen LogP contribution in [0.15, 0.2) is 0 Å². The Bertz CT molecular complexity index is 318. The molecule has 5 nitrogen and oxygen atoms in total. The van der Waals surface area contributed by atoms with E-state index in [0.29, 0.717) is 13.1 Å². The minimum absolute atomic E-state index is 0.0480. The highest BCUT2D eigenvalue weighted by atomic mass is 16.2. The molecule has 0 aromatic heterocycles. The smallest absolute Gasteiger partial charge is 0.319 e. The summed E-state index contributed by atoms with van der Waals surface area (Å²) in [7, 11) is 3.52. The Morgan fingerprint density at radius 2 is 1.78 bits per heavy atom. The molecule has 1 saturated heterocycles. The minimum atomic E-state index is 0.0480. The van der Waals surface area contributed by atoms with Crippen molar-refractivity contribution in [3.05, 3.63) is 0 Å². The molecule has 0 unspecified atom stereocenters. The number of hydrogen-bond donors (Lipinski definition) is 1. The van der Waals surface area contributed by atoms with Crippen molar-refractivity contribution < 1.29 is 9.59 Å². The highest BCUT2D eigenvalue weighted by Crippen LogP contribution is 2.28. The summed E-state index contributed by atoms with van der Waals surface area (Å²) >= 11 is 0. The number of carbonyl (C=O) groups is 2. The van der Waals surface area contributed by atoms with Gasteiger partial charge in [0.25, 0.3) is 0 Å². The average Bonchev–Trinajstić information content (AvgIpc) is 3.19. The highest BCUT2D eigenvalue weighted by Gasteiger charge is 2.29. The van der Waals surface area contributed by atoms with Crippen molar-refractivity contribution in [2.24, 2.45) is 11.8 Å². The van der Waals surface area contributed by atoms with Gasteiger partial charge in [-0.25, -0.2) is 4.79 Å². The second kappa shape index (κ2) is 5.59. The van der Waals surface area contributed by atoms with Crippen molar-refractivity contribution in [1.82, 2.24) is 15.1 Å². The molecule has 18 heavy (non-hydrogen) atoms. The van der Waals surface area contributed by atoms with Gasteiger partial charge in [0, 0.05) is 39.6 Å². The van der Waals surface area contributed by atoms with Gasteiger partial charge in [-0.3, -0.25) is 4.79 Å². The van der Waals surface area contributed by atoms with Crippen LogP contribution in [0.5, 0.6) is 0 Å². The monoisotopic (exact) mass is 253 g/mol. The van der Waals surface area contributed by atoms with E-state index in [1.807, 2.05) is 4.90 Å². The summed E-state index contributed by atoms with van der Waals surface area (Å²) in [6.45, 7) is 2.23. The van der Waals surface area contributed by atoms with E-state index in [1.165, 1.54) is 12.8 Å². The zero-order chi connectivity index (χ0) is 13.1. The molecule has 0 atom stereocenters. The molecule has 0 aromatic rings. The molecule has 102 valence electrons. The van der Waals surface area contributed by atoms with Crippen LogP contribution in [0, 0.1) is 11.8 Å². The first-order chi connectivity index (χ1) is 8.58. The molecule has 0 bridgehead atoms. The highest BCUT2D eigenvalue weighted by molar-refractivity contribution is 5.79. The number of piperidine rings is 1. The molecule has 1 saturated carbocycles. The molecule has 0 aromatic carbocycles. The van der Waals surface area contributed by atoms with Crippen molar-refractivity contribution in [3.8, 4) is 0 Å². The van der Waals surface area contributed by atoms with Gasteiger partial charge in [-0.05, 0) is 31.6 Å². The second-order valence-electron chi connectivity index (χ2n) is 5.63. The van der Waals surface area contributed by atoms with Gasteiger partial charge in [-0.15, -0.1) is 0 Å². The maximum atomic E-state index is 11.9. The van der Waals surface area contributed by atoms with E-state index >= 15 is 0 Å². The van der Waals surface area contributed by atoms with Crippen LogP contribution < -0.4 is 5.32 Å². The number of rotatable bonds is 3. The van der Waals surface area contributed by atoms with Crippen LogP contribution in [-0.4, -0.2) is 55.5 Å². The lowest BCUT2D eigenvalue weighted by Gasteiger charge is -2.33. The molecular weight excluding hydrogens is 230 g/mol. The molecule has 3 amide bonds. The lowest BCUT2D eigenvalue weighted by atomic mass is 9.96. The van der Waals surface area contributed by atoms with E-state index in [2.05, 4.69) is 5.32 Å². The number of carbonyl (C=O) groups excluding carboxylic acids is 2. The van der Waals surface area contributed by atoms with Crippen molar-refractivity contribution in [3.63, 3.8) is 0 Å². The summed E-state index contributed by atoms with van der Waals surface area (Å²) in [4.78, 5) is 27.1. The SMILES string of the molecule is CN(C)C(=O)N1CCC(C(=O)NCC2CC2)CC1. The summed E-state index contributed by atoms with van der Waals surface area (Å²) in [6.07, 6.45) is 4.10. The Morgan fingerprint density at radius 1 is 1.17 bits per heavy atom. The van der Waals surface area contributed by atoms with Gasteiger partial charge in [-0.1, -0.05) is 0 Å². The quantitative estimate of drug-likeness (QED) is 0.812. The molecule has 1 aliphatic carbocycles. The van der Waals surface area contributed by atoms with Gasteiger partial charge < -0.3 is 15.1 Å². The third kappa shape index (κ3) is 3.37. The number of hydrogen-bond acceptors (Lipinski definition) is 2. The van der Waals surface area contributed by atoms with Gasteiger partial charge in [0.2, 0.25) is 5.91 Å². The average molecular weight is 253 g/mol. The Morgan fingerprint density at radius 3 is 2.28 bits per heavy atom. The van der Waals surface area contributed by atoms with Crippen LogP contribution >= 0.6 is 0 Å². The summed E-state index contributed by atoms with van der Waals surface area (Å²) in [5, 5.41) is 3.03. The van der Waals surface area contributed by atoms with E-state index < -0.39 is 0 Å². The molecule has 2 rings (SSSR count). The van der Waals surface area contributed by atoms with E-state index in [4.69, 9.17) is 0 Å². The second-order valence-corrected chi connectivity index (χ2v) is 5.63. The van der Waals surface area contributed by atoms with Crippen molar-refractivity contribution in [2.75, 3.05) is 33.7 Å². The van der Waals surface area contributed by atoms with Crippen LogP contribution in [0.2, 0.25) is 0 Å². The zero-order valence-electron chi connectivity index (χ0n) is 11.3. The number of nitrogens with zero attached hydrogens (tertiary/aromatic N) is 2.